The minimum Gasteiger partial charge on any atom is -0.385 e. The summed E-state index contributed by atoms with van der Waals surface area (Å²) in [5.74, 6) is 0.679. The van der Waals surface area contributed by atoms with Crippen molar-refractivity contribution in [2.75, 3.05) is 5.88 Å². The summed E-state index contributed by atoms with van der Waals surface area (Å²) in [4.78, 5) is 0. The standard InChI is InChI=1S/C9H13ClO/c1-7-5-8(6-10)3-4-9(7,2)11/h3-5,7,11H,6H2,1-2H3. The van der Waals surface area contributed by atoms with Crippen molar-refractivity contribution >= 4 is 11.6 Å². The van der Waals surface area contributed by atoms with E-state index in [1.165, 1.54) is 0 Å². The average Bonchev–Trinajstić information content (AvgIpc) is 1.95. The van der Waals surface area contributed by atoms with E-state index >= 15 is 0 Å². The van der Waals surface area contributed by atoms with Gasteiger partial charge in [0.1, 0.15) is 0 Å². The van der Waals surface area contributed by atoms with Crippen molar-refractivity contribution in [1.82, 2.24) is 0 Å². The van der Waals surface area contributed by atoms with E-state index < -0.39 is 5.60 Å². The minimum absolute atomic E-state index is 0.154. The largest absolute Gasteiger partial charge is 0.385 e. The average molecular weight is 173 g/mol. The molecule has 0 aliphatic heterocycles. The zero-order valence-corrected chi connectivity index (χ0v) is 7.60. The maximum absolute atomic E-state index is 9.68. The van der Waals surface area contributed by atoms with Crippen molar-refractivity contribution < 1.29 is 5.11 Å². The first-order chi connectivity index (χ1) is 5.06. The van der Waals surface area contributed by atoms with Gasteiger partial charge >= 0.3 is 0 Å². The summed E-state index contributed by atoms with van der Waals surface area (Å²) >= 11 is 5.64. The Hall–Kier alpha value is -0.270. The smallest absolute Gasteiger partial charge is 0.0862 e. The lowest BCUT2D eigenvalue weighted by Crippen LogP contribution is -2.31. The van der Waals surface area contributed by atoms with Crippen molar-refractivity contribution in [3.63, 3.8) is 0 Å². The molecular formula is C9H13ClO. The van der Waals surface area contributed by atoms with Crippen LogP contribution in [0, 0.1) is 5.92 Å². The Kier molecular flexibility index (Phi) is 2.40. The molecule has 1 aliphatic carbocycles. The molecule has 2 heteroatoms. The molecule has 62 valence electrons. The van der Waals surface area contributed by atoms with Crippen LogP contribution in [0.4, 0.5) is 0 Å². The molecule has 1 nitrogen and oxygen atoms in total. The highest BCUT2D eigenvalue weighted by Gasteiger charge is 2.25. The number of hydrogen-bond donors (Lipinski definition) is 1. The van der Waals surface area contributed by atoms with Crippen LogP contribution in [0.1, 0.15) is 13.8 Å². The lowest BCUT2D eigenvalue weighted by molar-refractivity contribution is 0.0725. The first-order valence-corrected chi connectivity index (χ1v) is 4.28. The van der Waals surface area contributed by atoms with Gasteiger partial charge in [0, 0.05) is 11.8 Å². The van der Waals surface area contributed by atoms with Gasteiger partial charge in [0.05, 0.1) is 5.60 Å². The van der Waals surface area contributed by atoms with Gasteiger partial charge in [0.15, 0.2) is 0 Å². The first-order valence-electron chi connectivity index (χ1n) is 3.74. The topological polar surface area (TPSA) is 20.2 Å². The van der Waals surface area contributed by atoms with Crippen LogP contribution in [-0.4, -0.2) is 16.6 Å². The third kappa shape index (κ3) is 1.85. The fraction of sp³-hybridized carbons (Fsp3) is 0.556. The number of rotatable bonds is 1. The Morgan fingerprint density at radius 2 is 2.36 bits per heavy atom. The zero-order chi connectivity index (χ0) is 8.48. The van der Waals surface area contributed by atoms with Crippen molar-refractivity contribution in [1.29, 1.82) is 0 Å². The van der Waals surface area contributed by atoms with Crippen LogP contribution in [0.25, 0.3) is 0 Å². The summed E-state index contributed by atoms with van der Waals surface area (Å²) in [5, 5.41) is 9.68. The number of halogens is 1. The zero-order valence-electron chi connectivity index (χ0n) is 6.84. The summed E-state index contributed by atoms with van der Waals surface area (Å²) in [7, 11) is 0. The summed E-state index contributed by atoms with van der Waals surface area (Å²) in [6.07, 6.45) is 5.69. The van der Waals surface area contributed by atoms with Crippen LogP contribution in [-0.2, 0) is 0 Å². The van der Waals surface area contributed by atoms with Gasteiger partial charge in [0.2, 0.25) is 0 Å². The van der Waals surface area contributed by atoms with Crippen molar-refractivity contribution in [2.24, 2.45) is 5.92 Å². The second kappa shape index (κ2) is 3.00. The maximum Gasteiger partial charge on any atom is 0.0862 e. The molecule has 2 unspecified atom stereocenters. The molecule has 0 fully saturated rings. The monoisotopic (exact) mass is 172 g/mol. The predicted octanol–water partition coefficient (Wildman–Crippen LogP) is 2.11. The van der Waals surface area contributed by atoms with E-state index in [1.54, 1.807) is 13.0 Å². The molecule has 0 bridgehead atoms. The van der Waals surface area contributed by atoms with Gasteiger partial charge in [-0.1, -0.05) is 25.2 Å². The van der Waals surface area contributed by atoms with E-state index in [0.29, 0.717) is 5.88 Å². The van der Waals surface area contributed by atoms with Crippen LogP contribution >= 0.6 is 11.6 Å². The summed E-state index contributed by atoms with van der Waals surface area (Å²) in [6, 6.07) is 0. The molecule has 0 heterocycles. The minimum atomic E-state index is -0.699. The molecule has 0 amide bonds. The van der Waals surface area contributed by atoms with E-state index in [2.05, 4.69) is 0 Å². The molecule has 11 heavy (non-hydrogen) atoms. The van der Waals surface area contributed by atoms with Crippen LogP contribution in [0.5, 0.6) is 0 Å². The highest BCUT2D eigenvalue weighted by atomic mass is 35.5. The summed E-state index contributed by atoms with van der Waals surface area (Å²) < 4.78 is 0. The quantitative estimate of drug-likeness (QED) is 0.601. The molecule has 1 rings (SSSR count). The third-order valence-corrected chi connectivity index (χ3v) is 2.48. The molecule has 0 aromatic heterocycles. The van der Waals surface area contributed by atoms with Gasteiger partial charge in [-0.2, -0.15) is 0 Å². The number of hydrogen-bond acceptors (Lipinski definition) is 1. The SMILES string of the molecule is CC1C=C(CCl)C=CC1(C)O. The molecule has 0 aromatic rings. The van der Waals surface area contributed by atoms with E-state index in [1.807, 2.05) is 19.1 Å². The molecule has 0 spiro atoms. The molecule has 0 aromatic carbocycles. The van der Waals surface area contributed by atoms with E-state index in [4.69, 9.17) is 11.6 Å². The van der Waals surface area contributed by atoms with Gasteiger partial charge in [0.25, 0.3) is 0 Å². The Bertz CT molecular complexity index is 204. The number of aliphatic hydroxyl groups is 1. The number of alkyl halides is 1. The molecular weight excluding hydrogens is 160 g/mol. The maximum atomic E-state index is 9.68. The van der Waals surface area contributed by atoms with Gasteiger partial charge in [-0.15, -0.1) is 11.6 Å². The Morgan fingerprint density at radius 1 is 1.73 bits per heavy atom. The third-order valence-electron chi connectivity index (χ3n) is 2.18. The highest BCUT2D eigenvalue weighted by molar-refractivity contribution is 6.19. The highest BCUT2D eigenvalue weighted by Crippen LogP contribution is 2.26. The molecule has 0 saturated heterocycles. The Labute approximate surface area is 72.4 Å². The van der Waals surface area contributed by atoms with E-state index in [-0.39, 0.29) is 5.92 Å². The molecule has 1 N–H and O–H groups in total. The van der Waals surface area contributed by atoms with Crippen LogP contribution < -0.4 is 0 Å². The van der Waals surface area contributed by atoms with Crippen LogP contribution in [0.3, 0.4) is 0 Å². The molecule has 0 radical (unpaired) electrons. The van der Waals surface area contributed by atoms with Gasteiger partial charge in [-0.3, -0.25) is 0 Å². The van der Waals surface area contributed by atoms with Crippen molar-refractivity contribution in [2.45, 2.75) is 19.4 Å². The fourth-order valence-corrected chi connectivity index (χ4v) is 1.24. The normalized spacial score (nSPS) is 37.1. The van der Waals surface area contributed by atoms with E-state index in [0.717, 1.165) is 5.57 Å². The van der Waals surface area contributed by atoms with Gasteiger partial charge in [-0.25, -0.2) is 0 Å². The summed E-state index contributed by atoms with van der Waals surface area (Å²) in [6.45, 7) is 3.78. The van der Waals surface area contributed by atoms with Gasteiger partial charge in [-0.05, 0) is 12.5 Å². The Morgan fingerprint density at radius 3 is 2.82 bits per heavy atom. The second-order valence-electron chi connectivity index (χ2n) is 3.22. The van der Waals surface area contributed by atoms with E-state index in [9.17, 15) is 5.11 Å². The molecule has 2 atom stereocenters. The lowest BCUT2D eigenvalue weighted by Gasteiger charge is -2.28. The van der Waals surface area contributed by atoms with Crippen LogP contribution in [0.2, 0.25) is 0 Å². The van der Waals surface area contributed by atoms with Gasteiger partial charge < -0.3 is 5.11 Å². The number of allylic oxidation sites excluding steroid dienone is 2. The molecule has 1 aliphatic rings. The Balaban J connectivity index is 2.80. The second-order valence-corrected chi connectivity index (χ2v) is 3.49. The predicted molar refractivity (Wildman–Crippen MR) is 47.7 cm³/mol. The van der Waals surface area contributed by atoms with Crippen molar-refractivity contribution in [3.05, 3.63) is 23.8 Å². The fourth-order valence-electron chi connectivity index (χ4n) is 1.06. The first kappa shape index (κ1) is 8.82. The van der Waals surface area contributed by atoms with Crippen molar-refractivity contribution in [3.8, 4) is 0 Å². The lowest BCUT2D eigenvalue weighted by atomic mass is 9.85. The summed E-state index contributed by atoms with van der Waals surface area (Å²) in [5.41, 5.74) is 0.390. The van der Waals surface area contributed by atoms with Crippen LogP contribution in [0.15, 0.2) is 23.8 Å². The molecule has 0 saturated carbocycles.